The summed E-state index contributed by atoms with van der Waals surface area (Å²) >= 11 is 1.45. The van der Waals surface area contributed by atoms with Crippen molar-refractivity contribution < 1.29 is 29.1 Å². The molecule has 0 aliphatic rings. The standard InChI is InChI=1S/C31H37N3O6S/c1-5-16-40-26(30(37)34-38)25(18-21-10-13-22-8-6-7-9-23(22)17-21)29(36)33-27(28(32)35)31(2,3)41-19-20-11-14-24(39-4)15-12-20/h5-15,17,25-27,38H,1,16,18-19H2,2-4H3,(H2,32,35)(H,33,36)(H,34,37)/t25-,26+,27-/m1/s1. The Morgan fingerprint density at radius 2 is 1.68 bits per heavy atom. The molecule has 10 heteroatoms. The Morgan fingerprint density at radius 1 is 1.02 bits per heavy atom. The third-order valence-electron chi connectivity index (χ3n) is 6.77. The van der Waals surface area contributed by atoms with E-state index in [2.05, 4.69) is 11.9 Å². The van der Waals surface area contributed by atoms with Gasteiger partial charge in [-0.15, -0.1) is 18.3 Å². The molecule has 0 aromatic heterocycles. The Morgan fingerprint density at radius 3 is 2.29 bits per heavy atom. The number of hydrogen-bond acceptors (Lipinski definition) is 7. The third kappa shape index (κ3) is 8.56. The summed E-state index contributed by atoms with van der Waals surface area (Å²) in [7, 11) is 1.59. The van der Waals surface area contributed by atoms with Gasteiger partial charge in [-0.3, -0.25) is 19.6 Å². The van der Waals surface area contributed by atoms with Gasteiger partial charge in [0.25, 0.3) is 5.91 Å². The van der Waals surface area contributed by atoms with Gasteiger partial charge in [0.1, 0.15) is 11.8 Å². The van der Waals surface area contributed by atoms with Crippen molar-refractivity contribution >= 4 is 40.3 Å². The molecule has 0 aliphatic heterocycles. The number of ether oxygens (including phenoxy) is 2. The van der Waals surface area contributed by atoms with Gasteiger partial charge in [0, 0.05) is 10.5 Å². The highest BCUT2D eigenvalue weighted by atomic mass is 32.2. The largest absolute Gasteiger partial charge is 0.497 e. The fourth-order valence-electron chi connectivity index (χ4n) is 4.48. The normalized spacial score (nSPS) is 13.6. The zero-order chi connectivity index (χ0) is 30.0. The second kappa shape index (κ2) is 14.7. The maximum Gasteiger partial charge on any atom is 0.273 e. The first-order valence-corrected chi connectivity index (χ1v) is 14.1. The molecule has 3 aromatic rings. The second-order valence-electron chi connectivity index (χ2n) is 10.1. The van der Waals surface area contributed by atoms with Crippen LogP contribution in [0.25, 0.3) is 10.8 Å². The first kappa shape index (κ1) is 31.7. The molecular weight excluding hydrogens is 542 g/mol. The molecule has 9 nitrogen and oxygen atoms in total. The fourth-order valence-corrected chi connectivity index (χ4v) is 5.55. The molecule has 41 heavy (non-hydrogen) atoms. The van der Waals surface area contributed by atoms with Crippen LogP contribution in [0.4, 0.5) is 0 Å². The SMILES string of the molecule is C=CCO[C@H](C(=O)NO)[C@@H](Cc1ccc2ccccc2c1)C(=O)N[C@H](C(N)=O)C(C)(C)SCc1ccc(OC)cc1. The zero-order valence-electron chi connectivity index (χ0n) is 23.5. The van der Waals surface area contributed by atoms with Crippen LogP contribution in [-0.4, -0.2) is 53.5 Å². The quantitative estimate of drug-likeness (QED) is 0.122. The van der Waals surface area contributed by atoms with Crippen LogP contribution in [0.3, 0.4) is 0 Å². The second-order valence-corrected chi connectivity index (χ2v) is 11.7. The van der Waals surface area contributed by atoms with Gasteiger partial charge in [-0.1, -0.05) is 60.7 Å². The van der Waals surface area contributed by atoms with Gasteiger partial charge in [0.2, 0.25) is 11.8 Å². The number of hydrogen-bond donors (Lipinski definition) is 4. The fraction of sp³-hybridized carbons (Fsp3) is 0.323. The molecule has 3 aromatic carbocycles. The van der Waals surface area contributed by atoms with E-state index in [0.717, 1.165) is 27.6 Å². The van der Waals surface area contributed by atoms with Gasteiger partial charge in [-0.2, -0.15) is 0 Å². The summed E-state index contributed by atoms with van der Waals surface area (Å²) in [6.45, 7) is 7.21. The van der Waals surface area contributed by atoms with Crippen molar-refractivity contribution in [3.63, 3.8) is 0 Å². The molecule has 0 saturated carbocycles. The van der Waals surface area contributed by atoms with Gasteiger partial charge < -0.3 is 20.5 Å². The Hall–Kier alpha value is -3.86. The third-order valence-corrected chi connectivity index (χ3v) is 8.23. The maximum atomic E-state index is 13.8. The monoisotopic (exact) mass is 579 g/mol. The topological polar surface area (TPSA) is 140 Å². The summed E-state index contributed by atoms with van der Waals surface area (Å²) in [6, 6.07) is 20.0. The summed E-state index contributed by atoms with van der Waals surface area (Å²) in [4.78, 5) is 39.2. The number of methoxy groups -OCH3 is 1. The Labute approximate surface area is 244 Å². The first-order valence-electron chi connectivity index (χ1n) is 13.1. The summed E-state index contributed by atoms with van der Waals surface area (Å²) in [5.41, 5.74) is 9.16. The highest BCUT2D eigenvalue weighted by molar-refractivity contribution is 7.99. The van der Waals surface area contributed by atoms with E-state index < -0.39 is 40.5 Å². The average Bonchev–Trinajstić information content (AvgIpc) is 2.97. The van der Waals surface area contributed by atoms with E-state index in [4.69, 9.17) is 15.2 Å². The molecule has 0 radical (unpaired) electrons. The molecule has 0 fully saturated rings. The van der Waals surface area contributed by atoms with E-state index in [1.807, 2.05) is 80.6 Å². The number of nitrogens with two attached hydrogens (primary N) is 1. The van der Waals surface area contributed by atoms with Crippen LogP contribution in [0.2, 0.25) is 0 Å². The molecule has 3 atom stereocenters. The van der Waals surface area contributed by atoms with Crippen molar-refractivity contribution in [3.05, 3.63) is 90.5 Å². The lowest BCUT2D eigenvalue weighted by atomic mass is 9.90. The predicted octanol–water partition coefficient (Wildman–Crippen LogP) is 3.77. The van der Waals surface area contributed by atoms with Gasteiger partial charge in [-0.05, 0) is 54.3 Å². The lowest BCUT2D eigenvalue weighted by Gasteiger charge is -2.34. The van der Waals surface area contributed by atoms with Crippen molar-refractivity contribution in [2.75, 3.05) is 13.7 Å². The number of carbonyl (C=O) groups excluding carboxylic acids is 3. The summed E-state index contributed by atoms with van der Waals surface area (Å²) < 4.78 is 10.0. The summed E-state index contributed by atoms with van der Waals surface area (Å²) in [5, 5.41) is 14.2. The first-order chi connectivity index (χ1) is 19.6. The number of carbonyl (C=O) groups is 3. The smallest absolute Gasteiger partial charge is 0.273 e. The number of benzene rings is 3. The van der Waals surface area contributed by atoms with E-state index in [0.29, 0.717) is 5.75 Å². The molecular formula is C31H37N3O6S. The number of primary amides is 1. The molecule has 3 amide bonds. The molecule has 0 bridgehead atoms. The highest BCUT2D eigenvalue weighted by Crippen LogP contribution is 2.32. The highest BCUT2D eigenvalue weighted by Gasteiger charge is 2.40. The number of hydroxylamine groups is 1. The molecule has 0 aliphatic carbocycles. The van der Waals surface area contributed by atoms with Crippen molar-refractivity contribution in [3.8, 4) is 5.75 Å². The molecule has 0 saturated heterocycles. The number of nitrogens with one attached hydrogen (secondary N) is 2. The van der Waals surface area contributed by atoms with Crippen molar-refractivity contribution in [1.82, 2.24) is 10.8 Å². The van der Waals surface area contributed by atoms with Gasteiger partial charge >= 0.3 is 0 Å². The van der Waals surface area contributed by atoms with E-state index in [-0.39, 0.29) is 13.0 Å². The molecule has 0 spiro atoms. The summed E-state index contributed by atoms with van der Waals surface area (Å²) in [6.07, 6.45) is 0.165. The Kier molecular flexibility index (Phi) is 11.3. The number of fused-ring (bicyclic) bond motifs is 1. The molecule has 0 heterocycles. The van der Waals surface area contributed by atoms with Crippen molar-refractivity contribution in [1.29, 1.82) is 0 Å². The van der Waals surface area contributed by atoms with Crippen LogP contribution < -0.4 is 21.3 Å². The lowest BCUT2D eigenvalue weighted by molar-refractivity contribution is -0.150. The van der Waals surface area contributed by atoms with Gasteiger partial charge in [0.15, 0.2) is 6.10 Å². The van der Waals surface area contributed by atoms with Crippen LogP contribution in [0.1, 0.15) is 25.0 Å². The molecule has 3 rings (SSSR count). The van der Waals surface area contributed by atoms with E-state index in [1.54, 1.807) is 12.6 Å². The van der Waals surface area contributed by atoms with Gasteiger partial charge in [-0.25, -0.2) is 5.48 Å². The van der Waals surface area contributed by atoms with E-state index in [9.17, 15) is 19.6 Å². The van der Waals surface area contributed by atoms with Crippen LogP contribution in [0, 0.1) is 5.92 Å². The zero-order valence-corrected chi connectivity index (χ0v) is 24.3. The summed E-state index contributed by atoms with van der Waals surface area (Å²) in [5.74, 6) is -2.04. The number of thioether (sulfide) groups is 1. The van der Waals surface area contributed by atoms with Crippen molar-refractivity contribution in [2.24, 2.45) is 11.7 Å². The van der Waals surface area contributed by atoms with E-state index >= 15 is 0 Å². The molecule has 218 valence electrons. The van der Waals surface area contributed by atoms with Crippen LogP contribution in [0.15, 0.2) is 79.4 Å². The Bertz CT molecular complexity index is 1360. The minimum absolute atomic E-state index is 0.0396. The van der Waals surface area contributed by atoms with E-state index in [1.165, 1.54) is 17.8 Å². The van der Waals surface area contributed by atoms with Crippen molar-refractivity contribution in [2.45, 2.75) is 42.9 Å². The van der Waals surface area contributed by atoms with Gasteiger partial charge in [0.05, 0.1) is 19.6 Å². The average molecular weight is 580 g/mol. The number of rotatable bonds is 15. The number of amides is 3. The molecule has 0 unspecified atom stereocenters. The van der Waals surface area contributed by atoms with Crippen LogP contribution in [-0.2, 0) is 31.3 Å². The minimum Gasteiger partial charge on any atom is -0.497 e. The Balaban J connectivity index is 1.88. The van der Waals surface area contributed by atoms with Crippen LogP contribution in [0.5, 0.6) is 5.75 Å². The minimum atomic E-state index is -1.37. The van der Waals surface area contributed by atoms with Crippen LogP contribution >= 0.6 is 11.8 Å². The lowest BCUT2D eigenvalue weighted by Crippen LogP contribution is -2.58. The predicted molar refractivity (Wildman–Crippen MR) is 161 cm³/mol. The molecule has 5 N–H and O–H groups in total. The maximum absolute atomic E-state index is 13.8.